The van der Waals surface area contributed by atoms with Gasteiger partial charge in [-0.05, 0) is 24.6 Å². The van der Waals surface area contributed by atoms with Gasteiger partial charge in [-0.25, -0.2) is 4.79 Å². The van der Waals surface area contributed by atoms with Gasteiger partial charge in [0, 0.05) is 39.6 Å². The van der Waals surface area contributed by atoms with Gasteiger partial charge in [0.2, 0.25) is 5.91 Å². The van der Waals surface area contributed by atoms with E-state index in [-0.39, 0.29) is 18.3 Å². The molecule has 1 N–H and O–H groups in total. The Hall–Kier alpha value is -2.50. The van der Waals surface area contributed by atoms with Crippen molar-refractivity contribution >= 4 is 11.9 Å². The van der Waals surface area contributed by atoms with Crippen LogP contribution in [-0.2, 0) is 15.8 Å². The number of rotatable bonds is 5. The Morgan fingerprint density at radius 3 is 2.17 bits per heavy atom. The molecule has 0 aliphatic carbocycles. The molecular weight excluding hydrogens is 422 g/mol. The summed E-state index contributed by atoms with van der Waals surface area (Å²) in [6.07, 6.45) is -8.88. The summed E-state index contributed by atoms with van der Waals surface area (Å²) in [4.78, 5) is 24.1. The predicted molar refractivity (Wildman–Crippen MR) is 92.8 cm³/mol. The number of aliphatic carboxylic acids is 1. The van der Waals surface area contributed by atoms with Crippen molar-refractivity contribution in [2.75, 3.05) is 39.3 Å². The Labute approximate surface area is 169 Å². The Kier molecular flexibility index (Phi) is 9.40. The summed E-state index contributed by atoms with van der Waals surface area (Å²) in [5, 5.41) is 7.12. The number of amides is 1. The van der Waals surface area contributed by atoms with E-state index in [0.29, 0.717) is 19.5 Å². The maximum atomic E-state index is 12.8. The van der Waals surface area contributed by atoms with E-state index >= 15 is 0 Å². The summed E-state index contributed by atoms with van der Waals surface area (Å²) in [5.74, 6) is -2.86. The quantitative estimate of drug-likeness (QED) is 0.560. The Bertz CT molecular complexity index is 701. The molecule has 30 heavy (non-hydrogen) atoms. The highest BCUT2D eigenvalue weighted by Gasteiger charge is 2.38. The first kappa shape index (κ1) is 25.5. The molecule has 0 bridgehead atoms. The smallest absolute Gasteiger partial charge is 0.490 e. The van der Waals surface area contributed by atoms with Crippen molar-refractivity contribution in [2.24, 2.45) is 0 Å². The van der Waals surface area contributed by atoms with Gasteiger partial charge in [-0.1, -0.05) is 6.07 Å². The molecule has 6 nitrogen and oxygen atoms in total. The van der Waals surface area contributed by atoms with Crippen molar-refractivity contribution in [1.82, 2.24) is 9.80 Å². The van der Waals surface area contributed by atoms with Crippen molar-refractivity contribution in [1.29, 1.82) is 0 Å². The molecule has 1 aliphatic heterocycles. The summed E-state index contributed by atoms with van der Waals surface area (Å²) >= 11 is 0. The minimum absolute atomic E-state index is 0.0768. The van der Waals surface area contributed by atoms with E-state index in [9.17, 15) is 31.1 Å². The van der Waals surface area contributed by atoms with Gasteiger partial charge >= 0.3 is 18.3 Å². The fourth-order valence-corrected chi connectivity index (χ4v) is 2.53. The molecule has 1 radical (unpaired) electrons. The molecule has 2 rings (SSSR count). The lowest BCUT2D eigenvalue weighted by atomic mass is 10.2. The van der Waals surface area contributed by atoms with Crippen LogP contribution in [-0.4, -0.2) is 72.3 Å². The number of hydrogen-bond acceptors (Lipinski definition) is 4. The fraction of sp³-hybridized carbons (Fsp3) is 0.556. The summed E-state index contributed by atoms with van der Waals surface area (Å²) in [6.45, 7) is 5.47. The molecule has 1 fully saturated rings. The van der Waals surface area contributed by atoms with Gasteiger partial charge in [-0.15, -0.1) is 0 Å². The zero-order chi connectivity index (χ0) is 22.9. The first-order valence-corrected chi connectivity index (χ1v) is 8.80. The Balaban J connectivity index is 0.000000553. The monoisotopic (exact) mass is 443 g/mol. The van der Waals surface area contributed by atoms with Crippen LogP contribution in [0.2, 0.25) is 0 Å². The third-order valence-electron chi connectivity index (χ3n) is 4.07. The molecule has 0 aromatic heterocycles. The van der Waals surface area contributed by atoms with Gasteiger partial charge in [0.25, 0.3) is 0 Å². The second kappa shape index (κ2) is 11.0. The van der Waals surface area contributed by atoms with E-state index in [1.165, 1.54) is 12.1 Å². The molecule has 12 heteroatoms. The number of nitrogens with zero attached hydrogens (tertiary/aromatic N) is 2. The second-order valence-electron chi connectivity index (χ2n) is 6.27. The molecule has 0 spiro atoms. The molecule has 1 amide bonds. The minimum atomic E-state index is -5.08. The molecule has 1 aromatic rings. The lowest BCUT2D eigenvalue weighted by molar-refractivity contribution is -0.192. The van der Waals surface area contributed by atoms with Gasteiger partial charge in [-0.3, -0.25) is 9.69 Å². The molecular formula is C18H21F6N2O4. The molecule has 0 saturated carbocycles. The van der Waals surface area contributed by atoms with Crippen LogP contribution in [0.25, 0.3) is 0 Å². The van der Waals surface area contributed by atoms with E-state index in [2.05, 4.69) is 11.0 Å². The number of carbonyl (C=O) groups is 2. The summed E-state index contributed by atoms with van der Waals surface area (Å²) < 4.78 is 75.5. The van der Waals surface area contributed by atoms with Crippen LogP contribution in [0.4, 0.5) is 26.3 Å². The van der Waals surface area contributed by atoms with Crippen LogP contribution >= 0.6 is 0 Å². The number of carboxylic acid groups (broad SMARTS) is 1. The predicted octanol–water partition coefficient (Wildman–Crippen LogP) is 3.07. The Morgan fingerprint density at radius 2 is 1.70 bits per heavy atom. The number of carbonyl (C=O) groups excluding carboxylic acids is 1. The lowest BCUT2D eigenvalue weighted by Gasteiger charge is -2.34. The summed E-state index contributed by atoms with van der Waals surface area (Å²) in [6, 6.07) is 6.02. The average Bonchev–Trinajstić information content (AvgIpc) is 2.65. The zero-order valence-corrected chi connectivity index (χ0v) is 16.0. The average molecular weight is 443 g/mol. The number of halogens is 6. The molecule has 1 aliphatic rings. The van der Waals surface area contributed by atoms with Crippen molar-refractivity contribution in [3.63, 3.8) is 0 Å². The molecule has 0 unspecified atom stereocenters. The van der Waals surface area contributed by atoms with Gasteiger partial charge < -0.3 is 14.7 Å². The van der Waals surface area contributed by atoms with Gasteiger partial charge in [0.1, 0.15) is 5.75 Å². The number of piperazine rings is 1. The van der Waals surface area contributed by atoms with Crippen LogP contribution in [0.3, 0.4) is 0 Å². The van der Waals surface area contributed by atoms with E-state index < -0.39 is 23.9 Å². The third kappa shape index (κ3) is 8.89. The number of ether oxygens (including phenoxy) is 1. The molecule has 1 aromatic carbocycles. The molecule has 1 saturated heterocycles. The van der Waals surface area contributed by atoms with Gasteiger partial charge in [-0.2, -0.15) is 26.3 Å². The first-order valence-electron chi connectivity index (χ1n) is 8.80. The second-order valence-corrected chi connectivity index (χ2v) is 6.27. The van der Waals surface area contributed by atoms with Gasteiger partial charge in [0.05, 0.1) is 12.2 Å². The number of hydrogen-bond donors (Lipinski definition) is 1. The van der Waals surface area contributed by atoms with Crippen LogP contribution in [0.1, 0.15) is 18.9 Å². The van der Waals surface area contributed by atoms with Gasteiger partial charge in [0.15, 0.2) is 0 Å². The number of alkyl halides is 6. The lowest BCUT2D eigenvalue weighted by Crippen LogP contribution is -2.48. The molecule has 1 heterocycles. The van der Waals surface area contributed by atoms with Crippen molar-refractivity contribution in [2.45, 2.75) is 25.7 Å². The van der Waals surface area contributed by atoms with E-state index in [1.807, 2.05) is 0 Å². The highest BCUT2D eigenvalue weighted by Crippen LogP contribution is 2.35. The van der Waals surface area contributed by atoms with E-state index in [0.717, 1.165) is 25.7 Å². The van der Waals surface area contributed by atoms with E-state index in [4.69, 9.17) is 14.6 Å². The maximum absolute atomic E-state index is 12.8. The highest BCUT2D eigenvalue weighted by atomic mass is 19.4. The van der Waals surface area contributed by atoms with Crippen LogP contribution in [0, 0.1) is 6.07 Å². The number of carboxylic acids is 1. The normalized spacial score (nSPS) is 15.2. The van der Waals surface area contributed by atoms with Crippen molar-refractivity contribution in [3.8, 4) is 5.75 Å². The summed E-state index contributed by atoms with van der Waals surface area (Å²) in [5.41, 5.74) is -0.772. The standard InChI is InChI=1S/C16H20F3N2O2.C2HF3O2/c1-13(22)21-10-8-20(9-11-21)7-4-12-23-15-6-3-2-5-14(15)16(17,18)19;3-2(4,5)1(6)7/h2,5-6H,4,7-12H2,1H3;(H,6,7). The molecule has 169 valence electrons. The Morgan fingerprint density at radius 1 is 1.13 bits per heavy atom. The third-order valence-corrected chi connectivity index (χ3v) is 4.07. The van der Waals surface area contributed by atoms with Crippen molar-refractivity contribution < 1.29 is 45.8 Å². The fourth-order valence-electron chi connectivity index (χ4n) is 2.53. The minimum Gasteiger partial charge on any atom is -0.493 e. The van der Waals surface area contributed by atoms with Crippen molar-refractivity contribution in [3.05, 3.63) is 29.8 Å². The SMILES string of the molecule is CC(=O)N1CCN(CCCOc2c[c]ccc2C(F)(F)F)CC1.O=C(O)C(F)(F)F. The largest absolute Gasteiger partial charge is 0.493 e. The number of benzene rings is 1. The topological polar surface area (TPSA) is 70.1 Å². The van der Waals surface area contributed by atoms with Crippen LogP contribution < -0.4 is 4.74 Å². The summed E-state index contributed by atoms with van der Waals surface area (Å²) in [7, 11) is 0. The first-order chi connectivity index (χ1) is 13.8. The maximum Gasteiger partial charge on any atom is 0.490 e. The van der Waals surface area contributed by atoms with Crippen LogP contribution in [0.5, 0.6) is 5.75 Å². The zero-order valence-electron chi connectivity index (χ0n) is 16.0. The van der Waals surface area contributed by atoms with Crippen LogP contribution in [0.15, 0.2) is 18.2 Å². The highest BCUT2D eigenvalue weighted by molar-refractivity contribution is 5.73. The van der Waals surface area contributed by atoms with E-state index in [1.54, 1.807) is 11.8 Å². The molecule has 0 atom stereocenters.